The lowest BCUT2D eigenvalue weighted by Gasteiger charge is -2.44. The van der Waals surface area contributed by atoms with Gasteiger partial charge in [0.05, 0.1) is 11.4 Å². The van der Waals surface area contributed by atoms with E-state index in [1.54, 1.807) is 0 Å². The molecule has 14 rings (SSSR count). The highest BCUT2D eigenvalue weighted by Crippen LogP contribution is 2.56. The third kappa shape index (κ3) is 7.17. The average molecular weight is 1020 g/mol. The van der Waals surface area contributed by atoms with Crippen molar-refractivity contribution in [2.45, 2.75) is 97.8 Å². The van der Waals surface area contributed by atoms with Crippen LogP contribution >= 0.6 is 11.3 Å². The van der Waals surface area contributed by atoms with Crippen LogP contribution in [0, 0.1) is 0 Å². The van der Waals surface area contributed by atoms with Crippen molar-refractivity contribution in [3.05, 3.63) is 216 Å². The summed E-state index contributed by atoms with van der Waals surface area (Å²) < 4.78 is 9.22. The predicted molar refractivity (Wildman–Crippen MR) is 331 cm³/mol. The molecule has 0 fully saturated rings. The second-order valence-electron chi connectivity index (χ2n) is 25.4. The van der Waals surface area contributed by atoms with Gasteiger partial charge in [-0.15, -0.1) is 11.3 Å². The third-order valence-electron chi connectivity index (χ3n) is 17.1. The van der Waals surface area contributed by atoms with Crippen LogP contribution in [0.25, 0.3) is 43.2 Å². The van der Waals surface area contributed by atoms with E-state index >= 15 is 0 Å². The Kier molecular flexibility index (Phi) is 10.3. The third-order valence-corrected chi connectivity index (χ3v) is 18.4. The van der Waals surface area contributed by atoms with Gasteiger partial charge in [0.1, 0.15) is 11.2 Å². The van der Waals surface area contributed by atoms with Crippen molar-refractivity contribution < 1.29 is 4.42 Å². The molecule has 9 aromatic carbocycles. The minimum absolute atomic E-state index is 0.0130. The van der Waals surface area contributed by atoms with E-state index in [2.05, 4.69) is 279 Å². The number of thiophene rings is 1. The van der Waals surface area contributed by atoms with E-state index < -0.39 is 0 Å². The Morgan fingerprint density at radius 3 is 1.70 bits per heavy atom. The normalized spacial score (nSPS) is 14.5. The van der Waals surface area contributed by atoms with Crippen LogP contribution in [0.1, 0.15) is 104 Å². The van der Waals surface area contributed by atoms with Gasteiger partial charge in [0.25, 0.3) is 6.71 Å². The molecule has 0 N–H and O–H groups in total. The molecular formula is C71H64BN3OS. The molecule has 0 unspecified atom stereocenters. The van der Waals surface area contributed by atoms with Crippen molar-refractivity contribution >= 4 is 117 Å². The summed E-state index contributed by atoms with van der Waals surface area (Å²) in [6, 6.07) is 71.5. The minimum Gasteiger partial charge on any atom is -0.456 e. The number of benzene rings is 9. The fourth-order valence-electron chi connectivity index (χ4n) is 13.0. The van der Waals surface area contributed by atoms with E-state index in [1.165, 1.54) is 98.6 Å². The summed E-state index contributed by atoms with van der Waals surface area (Å²) in [5.41, 5.74) is 24.1. The van der Waals surface area contributed by atoms with Gasteiger partial charge in [0, 0.05) is 76.4 Å². The van der Waals surface area contributed by atoms with Crippen molar-refractivity contribution in [3.8, 4) is 11.1 Å². The van der Waals surface area contributed by atoms with Crippen LogP contribution in [-0.2, 0) is 21.7 Å². The molecule has 77 heavy (non-hydrogen) atoms. The average Bonchev–Trinajstić information content (AvgIpc) is 4.30. The van der Waals surface area contributed by atoms with Crippen LogP contribution in [0.2, 0.25) is 0 Å². The number of hydrogen-bond donors (Lipinski definition) is 0. The fraction of sp³-hybridized carbons (Fsp3) is 0.211. The highest BCUT2D eigenvalue weighted by Gasteiger charge is 2.47. The van der Waals surface area contributed by atoms with Gasteiger partial charge in [-0.25, -0.2) is 0 Å². The van der Waals surface area contributed by atoms with Crippen molar-refractivity contribution in [1.29, 1.82) is 0 Å². The smallest absolute Gasteiger partial charge is 0.264 e. The lowest BCUT2D eigenvalue weighted by atomic mass is 9.36. The van der Waals surface area contributed by atoms with Crippen LogP contribution < -0.4 is 30.4 Å². The Labute approximate surface area is 458 Å². The van der Waals surface area contributed by atoms with E-state index in [-0.39, 0.29) is 28.4 Å². The first kappa shape index (κ1) is 47.6. The van der Waals surface area contributed by atoms with Crippen LogP contribution in [0.4, 0.5) is 51.2 Å². The second kappa shape index (κ2) is 16.6. The molecule has 0 bridgehead atoms. The first-order valence-corrected chi connectivity index (χ1v) is 28.3. The molecule has 6 heteroatoms. The highest BCUT2D eigenvalue weighted by molar-refractivity contribution is 7.34. The highest BCUT2D eigenvalue weighted by atomic mass is 32.1. The topological polar surface area (TPSA) is 22.9 Å². The molecule has 1 aliphatic carbocycles. The van der Waals surface area contributed by atoms with Crippen molar-refractivity contribution in [2.24, 2.45) is 0 Å². The van der Waals surface area contributed by atoms with E-state index in [1.807, 2.05) is 11.3 Å². The van der Waals surface area contributed by atoms with Crippen molar-refractivity contribution in [2.75, 3.05) is 14.7 Å². The Morgan fingerprint density at radius 1 is 0.481 bits per heavy atom. The molecule has 0 saturated heterocycles. The van der Waals surface area contributed by atoms with Crippen LogP contribution in [0.15, 0.2) is 192 Å². The maximum atomic E-state index is 6.63. The molecule has 0 spiro atoms. The second-order valence-corrected chi connectivity index (χ2v) is 26.4. The van der Waals surface area contributed by atoms with E-state index in [0.717, 1.165) is 39.3 Å². The number of hydrogen-bond acceptors (Lipinski definition) is 5. The molecule has 11 aromatic rings. The zero-order valence-electron chi connectivity index (χ0n) is 46.1. The number of nitrogens with zero attached hydrogens (tertiary/aromatic N) is 3. The number of furan rings is 1. The van der Waals surface area contributed by atoms with Gasteiger partial charge in [-0.2, -0.15) is 0 Å². The van der Waals surface area contributed by atoms with Gasteiger partial charge < -0.3 is 19.1 Å². The summed E-state index contributed by atoms with van der Waals surface area (Å²) in [5, 5.41) is 3.58. The Morgan fingerprint density at radius 2 is 1.04 bits per heavy atom. The number of anilines is 9. The molecule has 0 atom stereocenters. The fourth-order valence-corrected chi connectivity index (χ4v) is 14.5. The first-order chi connectivity index (χ1) is 36.9. The standard InChI is InChI=1S/C71H64BN3OS/c1-68(2,3)43-26-32-46(33-27-43)73(47-34-28-44(29-35-47)69(4,5)6)49-38-40-55-59(42-49)75(56-22-16-21-54-62(56)50-18-12-14-20-53(50)71(54,10)11)58-24-17-23-57-64(58)72(55)67-65(74(57)48-36-30-45(31-37-48)70(7,8)9)52-39-41-61-63(66(52)77-67)51-19-13-15-25-60(51)76-61/h12-42H,1-11H3. The summed E-state index contributed by atoms with van der Waals surface area (Å²) in [6.07, 6.45) is 0. The molecule has 0 saturated carbocycles. The molecule has 3 aliphatic rings. The quantitative estimate of drug-likeness (QED) is 0.160. The first-order valence-electron chi connectivity index (χ1n) is 27.5. The van der Waals surface area contributed by atoms with Gasteiger partial charge in [-0.1, -0.05) is 179 Å². The van der Waals surface area contributed by atoms with Gasteiger partial charge in [0.2, 0.25) is 0 Å². The largest absolute Gasteiger partial charge is 0.456 e. The van der Waals surface area contributed by atoms with Crippen LogP contribution in [0.3, 0.4) is 0 Å². The van der Waals surface area contributed by atoms with Gasteiger partial charge in [-0.3, -0.25) is 0 Å². The van der Waals surface area contributed by atoms with Crippen molar-refractivity contribution in [1.82, 2.24) is 0 Å². The summed E-state index contributed by atoms with van der Waals surface area (Å²) >= 11 is 1.94. The molecule has 2 aliphatic heterocycles. The molecular weight excluding hydrogens is 954 g/mol. The Bertz CT molecular complexity index is 4140. The van der Waals surface area contributed by atoms with Gasteiger partial charge in [-0.05, 0) is 145 Å². The minimum atomic E-state index is -0.180. The monoisotopic (exact) mass is 1020 g/mol. The maximum Gasteiger partial charge on any atom is 0.264 e. The molecule has 378 valence electrons. The Balaban J connectivity index is 1.07. The molecule has 2 aromatic heterocycles. The van der Waals surface area contributed by atoms with Crippen molar-refractivity contribution in [3.63, 3.8) is 0 Å². The van der Waals surface area contributed by atoms with Gasteiger partial charge >= 0.3 is 0 Å². The number of fused-ring (bicyclic) bond motifs is 13. The summed E-state index contributed by atoms with van der Waals surface area (Å²) in [6.45, 7) is 25.4. The zero-order chi connectivity index (χ0) is 53.1. The SMILES string of the molecule is CC(C)(C)c1ccc(N(c2ccc(C(C)(C)C)cc2)c2ccc3c(c2)N(c2cccc4c2-c2ccccc2C4(C)C)c2cccc4c2B3c2sc3c(ccc5oc6ccccc6c53)c2N4c2ccc(C(C)(C)C)cc2)cc1. The van der Waals surface area contributed by atoms with E-state index in [9.17, 15) is 0 Å². The van der Waals surface area contributed by atoms with Crippen LogP contribution in [0.5, 0.6) is 0 Å². The zero-order valence-corrected chi connectivity index (χ0v) is 46.9. The van der Waals surface area contributed by atoms with Crippen LogP contribution in [-0.4, -0.2) is 6.71 Å². The van der Waals surface area contributed by atoms with E-state index in [0.29, 0.717) is 0 Å². The Hall–Kier alpha value is -7.80. The lowest BCUT2D eigenvalue weighted by Crippen LogP contribution is -2.60. The summed E-state index contributed by atoms with van der Waals surface area (Å²) in [7, 11) is 0. The molecule has 0 radical (unpaired) electrons. The predicted octanol–water partition coefficient (Wildman–Crippen LogP) is 18.6. The lowest BCUT2D eigenvalue weighted by molar-refractivity contribution is 0.590. The number of para-hydroxylation sites is 1. The summed E-state index contributed by atoms with van der Waals surface area (Å²) in [4.78, 5) is 7.68. The summed E-state index contributed by atoms with van der Waals surface area (Å²) in [5.74, 6) is 0. The molecule has 4 nitrogen and oxygen atoms in total. The van der Waals surface area contributed by atoms with E-state index in [4.69, 9.17) is 4.42 Å². The molecule has 0 amide bonds. The maximum absolute atomic E-state index is 6.63. The number of rotatable bonds is 5. The molecule has 4 heterocycles. The van der Waals surface area contributed by atoms with Gasteiger partial charge in [0.15, 0.2) is 0 Å².